The second-order valence-electron chi connectivity index (χ2n) is 8.81. The van der Waals surface area contributed by atoms with Crippen LogP contribution in [0.25, 0.3) is 0 Å². The number of amides is 3. The number of anilines is 1. The largest absolute Gasteiger partial charge is 0.466 e. The quantitative estimate of drug-likeness (QED) is 0.421. The normalized spacial score (nSPS) is 18.6. The third-order valence-corrected chi connectivity index (χ3v) is 6.24. The number of ether oxygens (including phenoxy) is 1. The average molecular weight is 473 g/mol. The second-order valence-corrected chi connectivity index (χ2v) is 8.81. The molecule has 2 saturated heterocycles. The summed E-state index contributed by atoms with van der Waals surface area (Å²) in [6, 6.07) is 6.23. The monoisotopic (exact) mass is 472 g/mol. The molecule has 0 aliphatic carbocycles. The van der Waals surface area contributed by atoms with Gasteiger partial charge in [0, 0.05) is 37.4 Å². The summed E-state index contributed by atoms with van der Waals surface area (Å²) < 4.78 is 5.17. The number of likely N-dealkylation sites (tertiary alicyclic amines) is 1. The molecule has 9 heteroatoms. The molecule has 0 spiro atoms. The molecule has 0 saturated carbocycles. The molecule has 2 N–H and O–H groups in total. The van der Waals surface area contributed by atoms with E-state index in [0.717, 1.165) is 38.8 Å². The topological polar surface area (TPSA) is 108 Å². The smallest absolute Gasteiger partial charge is 0.308 e. The minimum atomic E-state index is -0.870. The van der Waals surface area contributed by atoms with Crippen molar-refractivity contribution >= 4 is 29.4 Å². The van der Waals surface area contributed by atoms with Crippen molar-refractivity contribution in [3.05, 3.63) is 29.8 Å². The summed E-state index contributed by atoms with van der Waals surface area (Å²) in [6.07, 6.45) is 5.92. The predicted octanol–water partition coefficient (Wildman–Crippen LogP) is 2.18. The van der Waals surface area contributed by atoms with E-state index >= 15 is 0 Å². The Bertz CT molecular complexity index is 849. The Hall–Kier alpha value is -3.10. The lowest BCUT2D eigenvalue weighted by Crippen LogP contribution is -2.58. The minimum absolute atomic E-state index is 0.0198. The molecular formula is C25H36N4O5. The van der Waals surface area contributed by atoms with Gasteiger partial charge in [0.15, 0.2) is 0 Å². The van der Waals surface area contributed by atoms with Gasteiger partial charge in [-0.3, -0.25) is 19.2 Å². The van der Waals surface area contributed by atoms with E-state index in [9.17, 15) is 19.2 Å². The first-order valence-electron chi connectivity index (χ1n) is 12.4. The van der Waals surface area contributed by atoms with Crippen LogP contribution in [0.1, 0.15) is 62.2 Å². The molecule has 2 aliphatic rings. The van der Waals surface area contributed by atoms with Crippen LogP contribution < -0.4 is 10.6 Å². The van der Waals surface area contributed by atoms with Crippen molar-refractivity contribution < 1.29 is 23.9 Å². The highest BCUT2D eigenvalue weighted by Crippen LogP contribution is 2.16. The lowest BCUT2D eigenvalue weighted by molar-refractivity contribution is -0.151. The first kappa shape index (κ1) is 25.5. The van der Waals surface area contributed by atoms with E-state index in [1.165, 1.54) is 17.7 Å². The van der Waals surface area contributed by atoms with E-state index in [-0.39, 0.29) is 30.7 Å². The molecule has 0 bridgehead atoms. The van der Waals surface area contributed by atoms with Crippen LogP contribution >= 0.6 is 0 Å². The molecule has 1 unspecified atom stereocenters. The van der Waals surface area contributed by atoms with Crippen LogP contribution in [0.4, 0.5) is 5.69 Å². The zero-order valence-corrected chi connectivity index (χ0v) is 20.0. The van der Waals surface area contributed by atoms with Crippen LogP contribution in [0.3, 0.4) is 0 Å². The number of unbranched alkanes of at least 4 members (excludes halogenated alkanes) is 1. The Morgan fingerprint density at radius 2 is 1.76 bits per heavy atom. The van der Waals surface area contributed by atoms with Gasteiger partial charge in [-0.1, -0.05) is 26.2 Å². The lowest BCUT2D eigenvalue weighted by atomic mass is 10.1. The number of hydrogen-bond acceptors (Lipinski definition) is 6. The number of carbonyl (C=O) groups excluding carboxylic acids is 4. The first-order valence-corrected chi connectivity index (χ1v) is 12.4. The molecule has 2 aliphatic heterocycles. The summed E-state index contributed by atoms with van der Waals surface area (Å²) >= 11 is 0. The Morgan fingerprint density at radius 1 is 1.06 bits per heavy atom. The van der Waals surface area contributed by atoms with E-state index < -0.39 is 12.0 Å². The number of nitrogens with one attached hydrogen (secondary N) is 2. The van der Waals surface area contributed by atoms with E-state index in [1.54, 1.807) is 24.3 Å². The molecule has 9 nitrogen and oxygen atoms in total. The van der Waals surface area contributed by atoms with E-state index in [1.807, 2.05) is 11.8 Å². The summed E-state index contributed by atoms with van der Waals surface area (Å²) in [5.74, 6) is -1.06. The van der Waals surface area contributed by atoms with Crippen LogP contribution in [0.5, 0.6) is 0 Å². The molecule has 186 valence electrons. The third-order valence-electron chi connectivity index (χ3n) is 6.24. The van der Waals surface area contributed by atoms with Gasteiger partial charge in [0.1, 0.15) is 6.04 Å². The maximum Gasteiger partial charge on any atom is 0.308 e. The summed E-state index contributed by atoms with van der Waals surface area (Å²) in [5, 5.41) is 5.78. The molecule has 2 fully saturated rings. The first-order chi connectivity index (χ1) is 16.5. The summed E-state index contributed by atoms with van der Waals surface area (Å²) in [5.41, 5.74) is 1.34. The molecule has 0 aromatic heterocycles. The van der Waals surface area contributed by atoms with E-state index in [0.29, 0.717) is 30.9 Å². The molecule has 1 atom stereocenters. The van der Waals surface area contributed by atoms with Crippen molar-refractivity contribution in [1.29, 1.82) is 0 Å². The van der Waals surface area contributed by atoms with Gasteiger partial charge in [-0.05, 0) is 43.5 Å². The minimum Gasteiger partial charge on any atom is -0.466 e. The van der Waals surface area contributed by atoms with Crippen molar-refractivity contribution in [3.63, 3.8) is 0 Å². The number of nitrogens with zero attached hydrogens (tertiary/aromatic N) is 2. The predicted molar refractivity (Wildman–Crippen MR) is 128 cm³/mol. The Kier molecular flexibility index (Phi) is 9.73. The SMILES string of the molecule is CCCCOC(=O)CC1C(=O)NCCN1C(=O)CNc1ccc(C(=O)N2CCCCCC2)cc1. The molecular weight excluding hydrogens is 436 g/mol. The van der Waals surface area contributed by atoms with Gasteiger partial charge in [0.25, 0.3) is 5.91 Å². The van der Waals surface area contributed by atoms with Crippen LogP contribution in [0, 0.1) is 0 Å². The number of carbonyl (C=O) groups is 4. The molecule has 34 heavy (non-hydrogen) atoms. The van der Waals surface area contributed by atoms with Gasteiger partial charge in [0.2, 0.25) is 11.8 Å². The number of piperazine rings is 1. The van der Waals surface area contributed by atoms with Crippen LogP contribution in [0.15, 0.2) is 24.3 Å². The number of hydrogen-bond donors (Lipinski definition) is 2. The molecule has 1 aromatic carbocycles. The standard InChI is InChI=1S/C25H36N4O5/c1-2-3-16-34-23(31)17-21-24(32)26-12-15-29(21)22(30)18-27-20-10-8-19(9-11-20)25(33)28-13-6-4-5-7-14-28/h8-11,21,27H,2-7,12-18H2,1H3,(H,26,32). The highest BCUT2D eigenvalue weighted by atomic mass is 16.5. The van der Waals surface area contributed by atoms with E-state index in [2.05, 4.69) is 10.6 Å². The van der Waals surface area contributed by atoms with Crippen molar-refractivity contribution in [3.8, 4) is 0 Å². The van der Waals surface area contributed by atoms with E-state index in [4.69, 9.17) is 4.74 Å². The van der Waals surface area contributed by atoms with Crippen molar-refractivity contribution in [2.24, 2.45) is 0 Å². The number of benzene rings is 1. The average Bonchev–Trinajstić information content (AvgIpc) is 3.13. The highest BCUT2D eigenvalue weighted by molar-refractivity contribution is 5.95. The fourth-order valence-electron chi connectivity index (χ4n) is 4.23. The van der Waals surface area contributed by atoms with Crippen LogP contribution in [-0.4, -0.2) is 78.9 Å². The second kappa shape index (κ2) is 13.0. The third kappa shape index (κ3) is 7.20. The Morgan fingerprint density at radius 3 is 2.44 bits per heavy atom. The lowest BCUT2D eigenvalue weighted by Gasteiger charge is -2.34. The zero-order valence-electron chi connectivity index (χ0n) is 20.0. The number of rotatable bonds is 9. The Labute approximate surface area is 201 Å². The van der Waals surface area contributed by atoms with Gasteiger partial charge < -0.3 is 25.2 Å². The molecule has 0 radical (unpaired) electrons. The van der Waals surface area contributed by atoms with Gasteiger partial charge in [0.05, 0.1) is 19.6 Å². The molecule has 2 heterocycles. The van der Waals surface area contributed by atoms with Crippen LogP contribution in [0.2, 0.25) is 0 Å². The molecule has 3 rings (SSSR count). The van der Waals surface area contributed by atoms with Crippen LogP contribution in [-0.2, 0) is 19.1 Å². The molecule has 1 aromatic rings. The number of esters is 1. The maximum absolute atomic E-state index is 12.9. The Balaban J connectivity index is 1.53. The van der Waals surface area contributed by atoms with Crippen molar-refractivity contribution in [2.45, 2.75) is 57.9 Å². The summed E-state index contributed by atoms with van der Waals surface area (Å²) in [4.78, 5) is 53.4. The van der Waals surface area contributed by atoms with Crippen molar-refractivity contribution in [2.75, 3.05) is 44.6 Å². The van der Waals surface area contributed by atoms with Gasteiger partial charge >= 0.3 is 5.97 Å². The molecule has 3 amide bonds. The fraction of sp³-hybridized carbons (Fsp3) is 0.600. The zero-order chi connectivity index (χ0) is 24.3. The summed E-state index contributed by atoms with van der Waals surface area (Å²) in [6.45, 7) is 4.57. The van der Waals surface area contributed by atoms with Crippen molar-refractivity contribution in [1.82, 2.24) is 15.1 Å². The van der Waals surface area contributed by atoms with Gasteiger partial charge in [-0.15, -0.1) is 0 Å². The van der Waals surface area contributed by atoms with Gasteiger partial charge in [-0.25, -0.2) is 0 Å². The van der Waals surface area contributed by atoms with Gasteiger partial charge in [-0.2, -0.15) is 0 Å². The maximum atomic E-state index is 12.9. The fourth-order valence-corrected chi connectivity index (χ4v) is 4.23. The summed E-state index contributed by atoms with van der Waals surface area (Å²) in [7, 11) is 0. The highest BCUT2D eigenvalue weighted by Gasteiger charge is 2.35.